The Kier molecular flexibility index (Phi) is 4.60. The highest BCUT2D eigenvalue weighted by Gasteiger charge is 2.34. The van der Waals surface area contributed by atoms with Crippen LogP contribution in [-0.2, 0) is 5.33 Å². The molecule has 0 amide bonds. The number of rotatable bonds is 4. The van der Waals surface area contributed by atoms with Crippen LogP contribution < -0.4 is 4.90 Å². The molecule has 0 N–H and O–H groups in total. The Balaban J connectivity index is 2.17. The molecule has 1 saturated heterocycles. The summed E-state index contributed by atoms with van der Waals surface area (Å²) in [5, 5.41) is 1.69. The molecule has 0 aliphatic carbocycles. The van der Waals surface area contributed by atoms with Crippen molar-refractivity contribution in [2.24, 2.45) is 5.41 Å². The number of anilines is 1. The summed E-state index contributed by atoms with van der Waals surface area (Å²) in [4.78, 5) is 2.48. The zero-order chi connectivity index (χ0) is 13.2. The second-order valence-corrected chi connectivity index (χ2v) is 6.26. The lowest BCUT2D eigenvalue weighted by Crippen LogP contribution is -2.26. The topological polar surface area (TPSA) is 3.24 Å². The molecule has 0 saturated carbocycles. The largest absolute Gasteiger partial charge is 0.371 e. The molecule has 1 nitrogen and oxygen atoms in total. The van der Waals surface area contributed by atoms with Crippen LogP contribution in [0.1, 0.15) is 38.7 Å². The van der Waals surface area contributed by atoms with E-state index in [1.54, 1.807) is 0 Å². The SMILES string of the molecule is CCC1(CC)CCN(c2ccc(CBr)c(Cl)c2)C1. The molecule has 0 spiro atoms. The van der Waals surface area contributed by atoms with Crippen LogP contribution in [0, 0.1) is 5.41 Å². The summed E-state index contributed by atoms with van der Waals surface area (Å²) in [6.07, 6.45) is 3.85. The lowest BCUT2D eigenvalue weighted by molar-refractivity contribution is 0.301. The summed E-state index contributed by atoms with van der Waals surface area (Å²) < 4.78 is 0. The summed E-state index contributed by atoms with van der Waals surface area (Å²) in [7, 11) is 0. The summed E-state index contributed by atoms with van der Waals surface area (Å²) in [5.74, 6) is 0. The van der Waals surface area contributed by atoms with Crippen molar-refractivity contribution in [3.63, 3.8) is 0 Å². The van der Waals surface area contributed by atoms with Gasteiger partial charge in [-0.2, -0.15) is 0 Å². The number of nitrogens with zero attached hydrogens (tertiary/aromatic N) is 1. The van der Waals surface area contributed by atoms with Crippen LogP contribution in [0.2, 0.25) is 5.02 Å². The number of alkyl halides is 1. The van der Waals surface area contributed by atoms with Gasteiger partial charge in [0.15, 0.2) is 0 Å². The van der Waals surface area contributed by atoms with E-state index in [4.69, 9.17) is 11.6 Å². The van der Waals surface area contributed by atoms with Crippen LogP contribution in [0.5, 0.6) is 0 Å². The number of hydrogen-bond donors (Lipinski definition) is 0. The molecule has 1 aromatic carbocycles. The molecule has 3 heteroatoms. The summed E-state index contributed by atoms with van der Waals surface area (Å²) in [6, 6.07) is 6.44. The molecule has 1 aliphatic heterocycles. The van der Waals surface area contributed by atoms with E-state index in [0.29, 0.717) is 5.41 Å². The van der Waals surface area contributed by atoms with Gasteiger partial charge in [0.2, 0.25) is 0 Å². The Hall–Kier alpha value is -0.210. The first-order chi connectivity index (χ1) is 8.64. The first kappa shape index (κ1) is 14.2. The molecule has 0 radical (unpaired) electrons. The fourth-order valence-corrected chi connectivity index (χ4v) is 3.72. The molecular weight excluding hydrogens is 310 g/mol. The van der Waals surface area contributed by atoms with Crippen LogP contribution in [-0.4, -0.2) is 13.1 Å². The van der Waals surface area contributed by atoms with Gasteiger partial charge in [0.05, 0.1) is 0 Å². The summed E-state index contributed by atoms with van der Waals surface area (Å²) in [6.45, 7) is 6.96. The lowest BCUT2D eigenvalue weighted by atomic mass is 9.82. The average molecular weight is 331 g/mol. The minimum Gasteiger partial charge on any atom is -0.371 e. The molecule has 1 fully saturated rings. The molecule has 0 bridgehead atoms. The van der Waals surface area contributed by atoms with Gasteiger partial charge in [-0.25, -0.2) is 0 Å². The third-order valence-electron chi connectivity index (χ3n) is 4.48. The smallest absolute Gasteiger partial charge is 0.0467 e. The molecular formula is C15H21BrClN. The van der Waals surface area contributed by atoms with Crippen molar-refractivity contribution in [2.45, 2.75) is 38.4 Å². The normalized spacial score (nSPS) is 18.3. The van der Waals surface area contributed by atoms with Gasteiger partial charge in [0.1, 0.15) is 0 Å². The predicted molar refractivity (Wildman–Crippen MR) is 83.9 cm³/mol. The van der Waals surface area contributed by atoms with Crippen molar-refractivity contribution >= 4 is 33.2 Å². The van der Waals surface area contributed by atoms with Crippen molar-refractivity contribution in [3.05, 3.63) is 28.8 Å². The molecule has 0 atom stereocenters. The minimum atomic E-state index is 0.514. The molecule has 2 rings (SSSR count). The first-order valence-corrected chi connectivity index (χ1v) is 8.23. The van der Waals surface area contributed by atoms with Gasteiger partial charge in [-0.05, 0) is 42.4 Å². The van der Waals surface area contributed by atoms with Crippen molar-refractivity contribution in [2.75, 3.05) is 18.0 Å². The monoisotopic (exact) mass is 329 g/mol. The van der Waals surface area contributed by atoms with Gasteiger partial charge >= 0.3 is 0 Å². The molecule has 100 valence electrons. The van der Waals surface area contributed by atoms with Gasteiger partial charge in [-0.15, -0.1) is 0 Å². The Bertz CT molecular complexity index is 415. The van der Waals surface area contributed by atoms with E-state index in [0.717, 1.165) is 22.5 Å². The molecule has 1 aromatic rings. The summed E-state index contributed by atoms with van der Waals surface area (Å²) >= 11 is 9.75. The third-order valence-corrected chi connectivity index (χ3v) is 5.44. The van der Waals surface area contributed by atoms with Crippen molar-refractivity contribution < 1.29 is 0 Å². The lowest BCUT2D eigenvalue weighted by Gasteiger charge is -2.27. The van der Waals surface area contributed by atoms with Crippen LogP contribution in [0.15, 0.2) is 18.2 Å². The average Bonchev–Trinajstić information content (AvgIpc) is 2.84. The second-order valence-electron chi connectivity index (χ2n) is 5.29. The van der Waals surface area contributed by atoms with Crippen LogP contribution in [0.3, 0.4) is 0 Å². The van der Waals surface area contributed by atoms with Crippen molar-refractivity contribution in [3.8, 4) is 0 Å². The fourth-order valence-electron chi connectivity index (χ4n) is 2.82. The zero-order valence-electron chi connectivity index (χ0n) is 11.2. The maximum atomic E-state index is 6.29. The van der Waals surface area contributed by atoms with Crippen molar-refractivity contribution in [1.82, 2.24) is 0 Å². The predicted octanol–water partition coefficient (Wildman–Crippen LogP) is 5.25. The standard InChI is InChI=1S/C15H21BrClN/c1-3-15(4-2)7-8-18(11-15)13-6-5-12(10-16)14(17)9-13/h5-6,9H,3-4,7-8,10-11H2,1-2H3. The van der Waals surface area contributed by atoms with E-state index in [-0.39, 0.29) is 0 Å². The maximum absolute atomic E-state index is 6.29. The highest BCUT2D eigenvalue weighted by molar-refractivity contribution is 9.08. The number of hydrogen-bond acceptors (Lipinski definition) is 1. The van der Waals surface area contributed by atoms with E-state index >= 15 is 0 Å². The highest BCUT2D eigenvalue weighted by Crippen LogP contribution is 2.39. The highest BCUT2D eigenvalue weighted by atomic mass is 79.9. The van der Waals surface area contributed by atoms with E-state index in [1.165, 1.54) is 31.5 Å². The van der Waals surface area contributed by atoms with Gasteiger partial charge in [-0.3, -0.25) is 0 Å². The van der Waals surface area contributed by atoms with E-state index in [1.807, 2.05) is 0 Å². The van der Waals surface area contributed by atoms with Crippen LogP contribution in [0.4, 0.5) is 5.69 Å². The summed E-state index contributed by atoms with van der Waals surface area (Å²) in [5.41, 5.74) is 2.95. The third kappa shape index (κ3) is 2.70. The number of halogens is 2. The molecule has 0 aromatic heterocycles. The van der Waals surface area contributed by atoms with Gasteiger partial charge < -0.3 is 4.90 Å². The Labute approximate surface area is 124 Å². The molecule has 1 heterocycles. The van der Waals surface area contributed by atoms with Gasteiger partial charge in [0, 0.05) is 29.1 Å². The van der Waals surface area contributed by atoms with Gasteiger partial charge in [-0.1, -0.05) is 47.4 Å². The zero-order valence-corrected chi connectivity index (χ0v) is 13.5. The minimum absolute atomic E-state index is 0.514. The van der Waals surface area contributed by atoms with Crippen LogP contribution >= 0.6 is 27.5 Å². The molecule has 0 unspecified atom stereocenters. The Morgan fingerprint density at radius 1 is 1.33 bits per heavy atom. The molecule has 1 aliphatic rings. The van der Waals surface area contributed by atoms with Gasteiger partial charge in [0.25, 0.3) is 0 Å². The van der Waals surface area contributed by atoms with Crippen molar-refractivity contribution in [1.29, 1.82) is 0 Å². The fraction of sp³-hybridized carbons (Fsp3) is 0.600. The van der Waals surface area contributed by atoms with E-state index in [9.17, 15) is 0 Å². The molecule has 18 heavy (non-hydrogen) atoms. The van der Waals surface area contributed by atoms with E-state index in [2.05, 4.69) is 52.9 Å². The maximum Gasteiger partial charge on any atom is 0.0467 e. The Morgan fingerprint density at radius 2 is 2.06 bits per heavy atom. The quantitative estimate of drug-likeness (QED) is 0.681. The van der Waals surface area contributed by atoms with E-state index < -0.39 is 0 Å². The Morgan fingerprint density at radius 3 is 2.56 bits per heavy atom. The first-order valence-electron chi connectivity index (χ1n) is 6.73. The number of benzene rings is 1. The second kappa shape index (κ2) is 5.83. The van der Waals surface area contributed by atoms with Crippen LogP contribution in [0.25, 0.3) is 0 Å².